The van der Waals surface area contributed by atoms with E-state index in [1.54, 1.807) is 29.0 Å². The predicted octanol–water partition coefficient (Wildman–Crippen LogP) is 2.28. The molecule has 0 bridgehead atoms. The third-order valence-electron chi connectivity index (χ3n) is 3.03. The number of pyridine rings is 1. The number of para-hydroxylation sites is 1. The number of hydrogen-bond acceptors (Lipinski definition) is 4. The molecule has 0 unspecified atom stereocenters. The zero-order valence-corrected chi connectivity index (χ0v) is 11.3. The van der Waals surface area contributed by atoms with Gasteiger partial charge in [0.2, 0.25) is 0 Å². The van der Waals surface area contributed by atoms with Crippen LogP contribution < -0.4 is 10.9 Å². The monoisotopic (exact) mass is 274 g/mol. The van der Waals surface area contributed by atoms with Gasteiger partial charge in [0.05, 0.1) is 5.69 Å². The third kappa shape index (κ3) is 3.12. The topological polar surface area (TPSA) is 74.5 Å². The first kappa shape index (κ1) is 14.0. The van der Waals surface area contributed by atoms with Crippen molar-refractivity contribution in [2.75, 3.05) is 5.32 Å². The van der Waals surface area contributed by atoms with Gasteiger partial charge in [-0.15, -0.1) is 0 Å². The van der Waals surface area contributed by atoms with Gasteiger partial charge in [-0.3, -0.25) is 4.79 Å². The van der Waals surface area contributed by atoms with E-state index in [0.717, 1.165) is 12.1 Å². The number of nitrogens with one attached hydrogen (secondary N) is 1. The number of phenols is 2. The molecule has 0 radical (unpaired) electrons. The number of benzene rings is 1. The number of aromatic hydroxyl groups is 2. The van der Waals surface area contributed by atoms with Crippen molar-refractivity contribution >= 4 is 5.69 Å². The lowest BCUT2D eigenvalue weighted by Crippen LogP contribution is -2.18. The second kappa shape index (κ2) is 6.14. The minimum Gasteiger partial charge on any atom is -0.504 e. The molecule has 2 aromatic rings. The number of phenolic OH excluding ortho intramolecular Hbond substituents is 2. The number of hydrogen-bond donors (Lipinski definition) is 3. The van der Waals surface area contributed by atoms with E-state index >= 15 is 0 Å². The van der Waals surface area contributed by atoms with E-state index in [4.69, 9.17) is 0 Å². The molecule has 0 aliphatic carbocycles. The molecule has 0 fully saturated rings. The van der Waals surface area contributed by atoms with Gasteiger partial charge in [0.15, 0.2) is 11.5 Å². The number of aromatic nitrogens is 1. The third-order valence-corrected chi connectivity index (χ3v) is 3.03. The fourth-order valence-electron chi connectivity index (χ4n) is 1.97. The standard InChI is InChI=1S/C15H18N2O3/c1-2-8-17-10-12(6-7-14(17)19)16-9-11-4-3-5-13(18)15(11)20/h3-7,10,16,18,20H,2,8-9H2,1H3. The Morgan fingerprint density at radius 1 is 1.20 bits per heavy atom. The Bertz CT molecular complexity index is 650. The number of nitrogens with zero attached hydrogens (tertiary/aromatic N) is 1. The quantitative estimate of drug-likeness (QED) is 0.731. The van der Waals surface area contributed by atoms with Gasteiger partial charge in [0.1, 0.15) is 0 Å². The van der Waals surface area contributed by atoms with Crippen LogP contribution in [-0.2, 0) is 13.1 Å². The van der Waals surface area contributed by atoms with Crippen LogP contribution >= 0.6 is 0 Å². The Balaban J connectivity index is 2.13. The van der Waals surface area contributed by atoms with Crippen LogP contribution in [0.15, 0.2) is 41.3 Å². The summed E-state index contributed by atoms with van der Waals surface area (Å²) in [7, 11) is 0. The average molecular weight is 274 g/mol. The molecule has 20 heavy (non-hydrogen) atoms. The summed E-state index contributed by atoms with van der Waals surface area (Å²) in [6.45, 7) is 3.05. The van der Waals surface area contributed by atoms with Crippen molar-refractivity contribution in [2.24, 2.45) is 0 Å². The first-order chi connectivity index (χ1) is 9.61. The summed E-state index contributed by atoms with van der Waals surface area (Å²) in [6, 6.07) is 8.04. The molecule has 0 spiro atoms. The highest BCUT2D eigenvalue weighted by molar-refractivity contribution is 5.47. The Labute approximate surface area is 117 Å². The van der Waals surface area contributed by atoms with Crippen LogP contribution in [0.1, 0.15) is 18.9 Å². The number of rotatable bonds is 5. The molecule has 2 rings (SSSR count). The van der Waals surface area contributed by atoms with Gasteiger partial charge in [0.25, 0.3) is 5.56 Å². The lowest BCUT2D eigenvalue weighted by molar-refractivity contribution is 0.400. The predicted molar refractivity (Wildman–Crippen MR) is 78.1 cm³/mol. The molecule has 0 aliphatic rings. The molecule has 0 saturated heterocycles. The smallest absolute Gasteiger partial charge is 0.250 e. The Kier molecular flexibility index (Phi) is 4.30. The molecule has 5 heteroatoms. The Morgan fingerprint density at radius 3 is 2.75 bits per heavy atom. The van der Waals surface area contributed by atoms with E-state index in [1.807, 2.05) is 6.92 Å². The molecule has 0 aliphatic heterocycles. The van der Waals surface area contributed by atoms with Gasteiger partial charge in [-0.05, 0) is 18.6 Å². The van der Waals surface area contributed by atoms with Crippen molar-refractivity contribution in [3.05, 3.63) is 52.4 Å². The van der Waals surface area contributed by atoms with E-state index in [-0.39, 0.29) is 17.1 Å². The van der Waals surface area contributed by atoms with Crippen molar-refractivity contribution in [1.82, 2.24) is 4.57 Å². The van der Waals surface area contributed by atoms with Crippen molar-refractivity contribution in [3.63, 3.8) is 0 Å². The van der Waals surface area contributed by atoms with E-state index in [9.17, 15) is 15.0 Å². The molecule has 5 nitrogen and oxygen atoms in total. The number of aryl methyl sites for hydroxylation is 1. The van der Waals surface area contributed by atoms with Gasteiger partial charge < -0.3 is 20.1 Å². The molecular weight excluding hydrogens is 256 g/mol. The lowest BCUT2D eigenvalue weighted by atomic mass is 10.2. The normalized spacial score (nSPS) is 10.4. The number of anilines is 1. The summed E-state index contributed by atoms with van der Waals surface area (Å²) in [4.78, 5) is 11.6. The highest BCUT2D eigenvalue weighted by Gasteiger charge is 2.05. The van der Waals surface area contributed by atoms with Crippen LogP contribution in [0.3, 0.4) is 0 Å². The van der Waals surface area contributed by atoms with Crippen LogP contribution in [0.25, 0.3) is 0 Å². The van der Waals surface area contributed by atoms with E-state index < -0.39 is 0 Å². The first-order valence-corrected chi connectivity index (χ1v) is 6.56. The summed E-state index contributed by atoms with van der Waals surface area (Å²) in [5.74, 6) is -0.262. The highest BCUT2D eigenvalue weighted by Crippen LogP contribution is 2.28. The van der Waals surface area contributed by atoms with E-state index in [2.05, 4.69) is 5.32 Å². The van der Waals surface area contributed by atoms with Crippen molar-refractivity contribution in [3.8, 4) is 11.5 Å². The van der Waals surface area contributed by atoms with Gasteiger partial charge in [-0.25, -0.2) is 0 Å². The fraction of sp³-hybridized carbons (Fsp3) is 0.267. The first-order valence-electron chi connectivity index (χ1n) is 6.56. The van der Waals surface area contributed by atoms with Crippen LogP contribution in [0.2, 0.25) is 0 Å². The highest BCUT2D eigenvalue weighted by atomic mass is 16.3. The molecule has 1 heterocycles. The summed E-state index contributed by atoms with van der Waals surface area (Å²) in [5.41, 5.74) is 1.36. The van der Waals surface area contributed by atoms with Gasteiger partial charge in [0, 0.05) is 30.9 Å². The molecule has 0 saturated carbocycles. The Morgan fingerprint density at radius 2 is 2.00 bits per heavy atom. The van der Waals surface area contributed by atoms with Crippen LogP contribution in [0.5, 0.6) is 11.5 Å². The zero-order chi connectivity index (χ0) is 14.5. The second-order valence-corrected chi connectivity index (χ2v) is 4.59. The molecule has 1 aromatic carbocycles. The lowest BCUT2D eigenvalue weighted by Gasteiger charge is -2.11. The largest absolute Gasteiger partial charge is 0.504 e. The fourth-order valence-corrected chi connectivity index (χ4v) is 1.97. The molecule has 1 aromatic heterocycles. The second-order valence-electron chi connectivity index (χ2n) is 4.59. The maximum absolute atomic E-state index is 11.6. The average Bonchev–Trinajstić information content (AvgIpc) is 2.44. The van der Waals surface area contributed by atoms with Gasteiger partial charge in [-0.1, -0.05) is 19.1 Å². The summed E-state index contributed by atoms with van der Waals surface area (Å²) in [6.07, 6.45) is 2.64. The minimum absolute atomic E-state index is 0.0300. The van der Waals surface area contributed by atoms with Gasteiger partial charge >= 0.3 is 0 Å². The molecule has 0 amide bonds. The van der Waals surface area contributed by atoms with Crippen molar-refractivity contribution < 1.29 is 10.2 Å². The summed E-state index contributed by atoms with van der Waals surface area (Å²) in [5, 5.41) is 22.3. The van der Waals surface area contributed by atoms with Crippen molar-refractivity contribution in [2.45, 2.75) is 26.4 Å². The van der Waals surface area contributed by atoms with E-state index in [0.29, 0.717) is 18.7 Å². The van der Waals surface area contributed by atoms with Crippen LogP contribution in [0, 0.1) is 0 Å². The van der Waals surface area contributed by atoms with Crippen LogP contribution in [0.4, 0.5) is 5.69 Å². The maximum Gasteiger partial charge on any atom is 0.250 e. The SMILES string of the molecule is CCCn1cc(NCc2cccc(O)c2O)ccc1=O. The van der Waals surface area contributed by atoms with Crippen molar-refractivity contribution in [1.29, 1.82) is 0 Å². The molecule has 106 valence electrons. The summed E-state index contributed by atoms with van der Waals surface area (Å²) >= 11 is 0. The van der Waals surface area contributed by atoms with E-state index in [1.165, 1.54) is 12.1 Å². The maximum atomic E-state index is 11.6. The minimum atomic E-state index is -0.139. The Hall–Kier alpha value is -2.43. The zero-order valence-electron chi connectivity index (χ0n) is 11.3. The molecular formula is C15H18N2O3. The van der Waals surface area contributed by atoms with Gasteiger partial charge in [-0.2, -0.15) is 0 Å². The van der Waals surface area contributed by atoms with Crippen LogP contribution in [-0.4, -0.2) is 14.8 Å². The molecule has 3 N–H and O–H groups in total. The summed E-state index contributed by atoms with van der Waals surface area (Å²) < 4.78 is 1.64. The molecule has 0 atom stereocenters.